The standard InChI is InChI=1S/C34H37Cl2F2N3O7S/c1-4-22(8-6-14-40-49(44,45)25-9-5-7-24(15-25)32(42)41(2)3)33(43)47-30(17-26-27(35)18-39-19-28(26)36)23-12-13-29(48-34(37)38)31(16-23)46-20-21-10-11-21/h4-5,7,9,12-13,15-16,18-19,21,30,34,40H,6,8,10-11,14,17,20H2,1-3H3/b22-4-/t30-/m0/s1. The average Bonchev–Trinajstić information content (AvgIpc) is 3.89. The summed E-state index contributed by atoms with van der Waals surface area (Å²) in [5.41, 5.74) is 1.38. The molecule has 1 fully saturated rings. The lowest BCUT2D eigenvalue weighted by Crippen LogP contribution is -2.26. The number of halogens is 4. The highest BCUT2D eigenvalue weighted by atomic mass is 35.5. The maximum absolute atomic E-state index is 13.5. The van der Waals surface area contributed by atoms with Crippen LogP contribution in [0.5, 0.6) is 11.5 Å². The van der Waals surface area contributed by atoms with Crippen molar-refractivity contribution >= 4 is 45.1 Å². The van der Waals surface area contributed by atoms with E-state index in [1.807, 2.05) is 0 Å². The van der Waals surface area contributed by atoms with Crippen molar-refractivity contribution in [2.75, 3.05) is 27.2 Å². The maximum atomic E-state index is 13.5. The Bertz CT molecular complexity index is 1770. The number of esters is 1. The fraction of sp³-hybridized carbons (Fsp3) is 0.382. The van der Waals surface area contributed by atoms with Gasteiger partial charge in [0.2, 0.25) is 10.0 Å². The van der Waals surface area contributed by atoms with Crippen LogP contribution in [-0.4, -0.2) is 64.0 Å². The first kappa shape index (κ1) is 38.0. The minimum atomic E-state index is -3.94. The van der Waals surface area contributed by atoms with Crippen molar-refractivity contribution in [1.29, 1.82) is 0 Å². The molecule has 0 unspecified atom stereocenters. The smallest absolute Gasteiger partial charge is 0.387 e. The van der Waals surface area contributed by atoms with Gasteiger partial charge in [-0.25, -0.2) is 17.9 Å². The number of ether oxygens (including phenoxy) is 3. The number of rotatable bonds is 17. The van der Waals surface area contributed by atoms with E-state index in [2.05, 4.69) is 14.4 Å². The number of pyridine rings is 1. The van der Waals surface area contributed by atoms with E-state index in [1.54, 1.807) is 27.1 Å². The van der Waals surface area contributed by atoms with Gasteiger partial charge in [0.15, 0.2) is 11.5 Å². The van der Waals surface area contributed by atoms with Gasteiger partial charge in [-0.05, 0) is 80.0 Å². The molecule has 3 aromatic rings. The number of hydrogen-bond acceptors (Lipinski definition) is 8. The summed E-state index contributed by atoms with van der Waals surface area (Å²) in [4.78, 5) is 31.1. The molecule has 1 amide bonds. The molecule has 0 radical (unpaired) electrons. The Labute approximate surface area is 294 Å². The number of allylic oxidation sites excluding steroid dienone is 1. The maximum Gasteiger partial charge on any atom is 0.387 e. The van der Waals surface area contributed by atoms with E-state index in [0.29, 0.717) is 23.7 Å². The zero-order chi connectivity index (χ0) is 35.7. The minimum Gasteiger partial charge on any atom is -0.489 e. The number of nitrogens with zero attached hydrogens (tertiary/aromatic N) is 2. The van der Waals surface area contributed by atoms with E-state index in [0.717, 1.165) is 12.8 Å². The lowest BCUT2D eigenvalue weighted by atomic mass is 10.0. The van der Waals surface area contributed by atoms with E-state index in [9.17, 15) is 26.8 Å². The summed E-state index contributed by atoms with van der Waals surface area (Å²) in [5, 5.41) is 0.484. The van der Waals surface area contributed by atoms with Crippen molar-refractivity contribution in [1.82, 2.24) is 14.6 Å². The van der Waals surface area contributed by atoms with Gasteiger partial charge in [-0.1, -0.05) is 41.4 Å². The second-order valence-corrected chi connectivity index (χ2v) is 14.1. The van der Waals surface area contributed by atoms with Gasteiger partial charge in [-0.2, -0.15) is 8.78 Å². The van der Waals surface area contributed by atoms with Crippen LogP contribution in [0.4, 0.5) is 8.78 Å². The number of benzene rings is 2. The molecule has 0 bridgehead atoms. The van der Waals surface area contributed by atoms with E-state index in [1.165, 1.54) is 59.8 Å². The first-order chi connectivity index (χ1) is 23.3. The summed E-state index contributed by atoms with van der Waals surface area (Å²) in [6.45, 7) is -1.10. The fourth-order valence-corrected chi connectivity index (χ4v) is 6.40. The van der Waals surface area contributed by atoms with E-state index in [-0.39, 0.29) is 69.3 Å². The topological polar surface area (TPSA) is 124 Å². The highest BCUT2D eigenvalue weighted by molar-refractivity contribution is 7.89. The van der Waals surface area contributed by atoms with Crippen LogP contribution in [0, 0.1) is 5.92 Å². The molecular weight excluding hydrogens is 703 g/mol. The number of carbonyl (C=O) groups excluding carboxylic acids is 2. The normalized spacial score (nSPS) is 14.0. The van der Waals surface area contributed by atoms with Crippen molar-refractivity contribution in [3.63, 3.8) is 0 Å². The molecule has 1 aliphatic rings. The predicted molar refractivity (Wildman–Crippen MR) is 181 cm³/mol. The summed E-state index contributed by atoms with van der Waals surface area (Å²) in [5.74, 6) is -0.769. The van der Waals surface area contributed by atoms with E-state index < -0.39 is 28.7 Å². The molecule has 1 atom stereocenters. The molecule has 1 N–H and O–H groups in total. The third kappa shape index (κ3) is 10.9. The third-order valence-electron chi connectivity index (χ3n) is 7.64. The van der Waals surface area contributed by atoms with Crippen LogP contribution < -0.4 is 14.2 Å². The molecule has 1 saturated carbocycles. The summed E-state index contributed by atoms with van der Waals surface area (Å²) < 4.78 is 71.1. The quantitative estimate of drug-likeness (QED) is 0.0891. The Morgan fingerprint density at radius 1 is 1.08 bits per heavy atom. The zero-order valence-corrected chi connectivity index (χ0v) is 29.5. The van der Waals surface area contributed by atoms with Gasteiger partial charge in [0.1, 0.15) is 6.10 Å². The molecule has 49 heavy (non-hydrogen) atoms. The Morgan fingerprint density at radius 2 is 1.80 bits per heavy atom. The third-order valence-corrected chi connectivity index (χ3v) is 9.75. The van der Waals surface area contributed by atoms with Crippen molar-refractivity contribution in [2.45, 2.75) is 56.6 Å². The summed E-state index contributed by atoms with van der Waals surface area (Å²) in [6, 6.07) is 10.0. The summed E-state index contributed by atoms with van der Waals surface area (Å²) >= 11 is 12.8. The van der Waals surface area contributed by atoms with Crippen LogP contribution in [0.25, 0.3) is 0 Å². The summed E-state index contributed by atoms with van der Waals surface area (Å²) in [6.07, 6.45) is 5.77. The molecule has 264 valence electrons. The fourth-order valence-electron chi connectivity index (χ4n) is 4.76. The van der Waals surface area contributed by atoms with E-state index >= 15 is 0 Å². The van der Waals surface area contributed by atoms with Crippen molar-refractivity contribution in [3.8, 4) is 11.5 Å². The number of hydrogen-bond donors (Lipinski definition) is 1. The highest BCUT2D eigenvalue weighted by Crippen LogP contribution is 2.38. The van der Waals surface area contributed by atoms with E-state index in [4.69, 9.17) is 32.7 Å². The number of alkyl halides is 2. The van der Waals surface area contributed by atoms with Gasteiger partial charge >= 0.3 is 12.6 Å². The Hall–Kier alpha value is -3.78. The van der Waals surface area contributed by atoms with Crippen molar-refractivity contribution in [3.05, 3.63) is 93.2 Å². The Balaban J connectivity index is 1.48. The van der Waals surface area contributed by atoms with Crippen molar-refractivity contribution < 1.29 is 41.0 Å². The molecule has 1 aromatic heterocycles. The van der Waals surface area contributed by atoms with Crippen LogP contribution in [0.2, 0.25) is 10.0 Å². The molecule has 1 aliphatic carbocycles. The lowest BCUT2D eigenvalue weighted by Gasteiger charge is -2.22. The van der Waals surface area contributed by atoms with Gasteiger partial charge in [0, 0.05) is 50.6 Å². The number of sulfonamides is 1. The van der Waals surface area contributed by atoms with Crippen LogP contribution in [-0.2, 0) is 26.0 Å². The lowest BCUT2D eigenvalue weighted by molar-refractivity contribution is -0.144. The van der Waals surface area contributed by atoms with Gasteiger partial charge in [-0.15, -0.1) is 0 Å². The van der Waals surface area contributed by atoms with Gasteiger partial charge < -0.3 is 19.1 Å². The Kier molecular flexibility index (Phi) is 13.4. The number of aromatic nitrogens is 1. The largest absolute Gasteiger partial charge is 0.489 e. The van der Waals surface area contributed by atoms with Crippen LogP contribution in [0.1, 0.15) is 60.2 Å². The van der Waals surface area contributed by atoms with Gasteiger partial charge in [0.25, 0.3) is 5.91 Å². The second-order valence-electron chi connectivity index (χ2n) is 11.6. The predicted octanol–water partition coefficient (Wildman–Crippen LogP) is 7.01. The average molecular weight is 741 g/mol. The van der Waals surface area contributed by atoms with Gasteiger partial charge in [0.05, 0.1) is 21.5 Å². The molecule has 10 nitrogen and oxygen atoms in total. The molecule has 0 aliphatic heterocycles. The zero-order valence-electron chi connectivity index (χ0n) is 27.1. The molecule has 0 spiro atoms. The van der Waals surface area contributed by atoms with Gasteiger partial charge in [-0.3, -0.25) is 9.78 Å². The molecule has 15 heteroatoms. The first-order valence-electron chi connectivity index (χ1n) is 15.5. The molecule has 4 rings (SSSR count). The molecule has 2 aromatic carbocycles. The Morgan fingerprint density at radius 3 is 2.43 bits per heavy atom. The molecular formula is C34H37Cl2F2N3O7S. The second kappa shape index (κ2) is 17.2. The van der Waals surface area contributed by atoms with Crippen LogP contribution in [0.3, 0.4) is 0 Å². The van der Waals surface area contributed by atoms with Crippen LogP contribution >= 0.6 is 23.2 Å². The monoisotopic (exact) mass is 739 g/mol. The van der Waals surface area contributed by atoms with Crippen molar-refractivity contribution in [2.24, 2.45) is 5.92 Å². The van der Waals surface area contributed by atoms with Crippen LogP contribution in [0.15, 0.2) is 71.4 Å². The molecule has 0 saturated heterocycles. The number of amides is 1. The highest BCUT2D eigenvalue weighted by Gasteiger charge is 2.27. The minimum absolute atomic E-state index is 0.00222. The SMILES string of the molecule is C/C=C(/CCCNS(=O)(=O)c1cccc(C(=O)N(C)C)c1)C(=O)O[C@@H](Cc1c(Cl)cncc1Cl)c1ccc(OC(F)F)c(OCC2CC2)c1. The summed E-state index contributed by atoms with van der Waals surface area (Å²) in [7, 11) is -0.802. The number of carbonyl (C=O) groups is 2. The molecule has 1 heterocycles. The first-order valence-corrected chi connectivity index (χ1v) is 17.7. The number of nitrogens with one attached hydrogen (secondary N) is 1.